The van der Waals surface area contributed by atoms with Gasteiger partial charge in [-0.2, -0.15) is 5.21 Å². The number of Topliss-reactive ketones (excluding diaryl/α,β-unsaturated/α-hetero) is 1. The van der Waals surface area contributed by atoms with Crippen LogP contribution in [0.4, 0.5) is 0 Å². The second-order valence-electron chi connectivity index (χ2n) is 4.68. The molecule has 0 saturated carbocycles. The molecular weight excluding hydrogens is 244 g/mol. The number of hydrogen-bond acceptors (Lipinski definition) is 6. The number of nitrogens with zero attached hydrogens (tertiary/aromatic N) is 3. The van der Waals surface area contributed by atoms with E-state index in [0.717, 1.165) is 38.2 Å². The van der Waals surface area contributed by atoms with E-state index in [2.05, 4.69) is 31.3 Å². The van der Waals surface area contributed by atoms with Gasteiger partial charge in [-0.3, -0.25) is 4.79 Å². The Kier molecular flexibility index (Phi) is 6.58. The van der Waals surface area contributed by atoms with E-state index in [4.69, 9.17) is 0 Å². The van der Waals surface area contributed by atoms with Crippen LogP contribution < -0.4 is 10.6 Å². The topological polar surface area (TPSA) is 95.6 Å². The molecule has 3 N–H and O–H groups in total. The Balaban J connectivity index is 0.000000185. The van der Waals surface area contributed by atoms with E-state index < -0.39 is 0 Å². The van der Waals surface area contributed by atoms with Crippen molar-refractivity contribution in [2.75, 3.05) is 13.1 Å². The first-order valence-electron chi connectivity index (χ1n) is 6.48. The van der Waals surface area contributed by atoms with Gasteiger partial charge in [0, 0.05) is 0 Å². The second kappa shape index (κ2) is 7.96. The number of tetrazole rings is 1. The van der Waals surface area contributed by atoms with Crippen molar-refractivity contribution < 1.29 is 4.79 Å². The lowest BCUT2D eigenvalue weighted by atomic mass is 10.2. The van der Waals surface area contributed by atoms with E-state index in [9.17, 15) is 4.79 Å². The molecule has 7 nitrogen and oxygen atoms in total. The second-order valence-corrected chi connectivity index (χ2v) is 4.68. The fraction of sp³-hybridized carbons (Fsp3) is 0.833. The zero-order chi connectivity index (χ0) is 12.8. The van der Waals surface area contributed by atoms with Crippen LogP contribution in [0.5, 0.6) is 0 Å². The molecule has 0 spiro atoms. The molecule has 3 heterocycles. The van der Waals surface area contributed by atoms with Crippen LogP contribution in [0.3, 0.4) is 0 Å². The zero-order valence-electron chi connectivity index (χ0n) is 10.6. The average molecular weight is 268 g/mol. The van der Waals surface area contributed by atoms with Gasteiger partial charge in [-0.1, -0.05) is 12.6 Å². The molecule has 2 aliphatic rings. The Hall–Kier alpha value is -1.34. The van der Waals surface area contributed by atoms with Crippen LogP contribution in [0.2, 0.25) is 0 Å². The van der Waals surface area contributed by atoms with E-state index in [0.29, 0.717) is 6.04 Å². The summed E-state index contributed by atoms with van der Waals surface area (Å²) >= 11 is 0. The molecule has 108 valence electrons. The largest absolute Gasteiger partial charge is 0.307 e. The molecule has 7 heteroatoms. The van der Waals surface area contributed by atoms with E-state index in [1.165, 1.54) is 6.42 Å². The summed E-state index contributed by atoms with van der Waals surface area (Å²) in [5.41, 5.74) is 0. The van der Waals surface area contributed by atoms with Crippen LogP contribution >= 0.6 is 0 Å². The van der Waals surface area contributed by atoms with Crippen molar-refractivity contribution in [1.29, 1.82) is 0 Å². The third-order valence-corrected chi connectivity index (χ3v) is 3.28. The Labute approximate surface area is 113 Å². The summed E-state index contributed by atoms with van der Waals surface area (Å²) in [6.07, 6.45) is 4.53. The van der Waals surface area contributed by atoms with Crippen molar-refractivity contribution in [3.05, 3.63) is 5.82 Å². The van der Waals surface area contributed by atoms with Gasteiger partial charge in [0.05, 0.1) is 12.1 Å². The Morgan fingerprint density at radius 3 is 2.37 bits per heavy atom. The third kappa shape index (κ3) is 4.68. The van der Waals surface area contributed by atoms with Gasteiger partial charge < -0.3 is 10.6 Å². The predicted molar refractivity (Wildman–Crippen MR) is 72.6 cm³/mol. The van der Waals surface area contributed by atoms with Crippen molar-refractivity contribution in [2.45, 2.75) is 52.1 Å². The quantitative estimate of drug-likeness (QED) is 0.726. The highest BCUT2D eigenvalue weighted by atomic mass is 16.1. The Morgan fingerprint density at radius 2 is 1.95 bits per heavy atom. The molecule has 19 heavy (non-hydrogen) atoms. The van der Waals surface area contributed by atoms with E-state index in [1.807, 2.05) is 0 Å². The van der Waals surface area contributed by atoms with Crippen molar-refractivity contribution >= 4 is 5.78 Å². The van der Waals surface area contributed by atoms with Crippen molar-refractivity contribution in [2.24, 2.45) is 0 Å². The van der Waals surface area contributed by atoms with Gasteiger partial charge in [-0.15, -0.1) is 10.2 Å². The smallest absolute Gasteiger partial charge is 0.191 e. The lowest BCUT2D eigenvalue weighted by Crippen LogP contribution is -2.28. The minimum Gasteiger partial charge on any atom is -0.307 e. The molecule has 3 rings (SSSR count). The summed E-state index contributed by atoms with van der Waals surface area (Å²) in [6.45, 7) is 3.73. The maximum absolute atomic E-state index is 10.6. The molecular formula is C12H24N6O. The molecule has 0 bridgehead atoms. The summed E-state index contributed by atoms with van der Waals surface area (Å²) in [5, 5.41) is 20.1. The maximum atomic E-state index is 10.6. The van der Waals surface area contributed by atoms with Crippen molar-refractivity contribution in [3.8, 4) is 0 Å². The molecule has 0 radical (unpaired) electrons. The summed E-state index contributed by atoms with van der Waals surface area (Å²) in [4.78, 5) is 10.6. The number of rotatable bonds is 2. The van der Waals surface area contributed by atoms with Gasteiger partial charge in [0.25, 0.3) is 0 Å². The number of ketones is 1. The van der Waals surface area contributed by atoms with E-state index in [1.54, 1.807) is 6.92 Å². The lowest BCUT2D eigenvalue weighted by molar-refractivity contribution is -0.118. The first-order chi connectivity index (χ1) is 8.77. The molecule has 2 saturated heterocycles. The standard InChI is InChI=1S/C6H11NO.C5H9N5.CH4/c1-5(8)6-3-2-4-7-6;1-2-4(6-3-1)5-7-9-10-8-5;/h6-7H,2-4H2,1H3;4,6H,1-3H2,(H,7,8,9,10);1H4/t6-;4-;/m00./s1. The number of nitrogens with one attached hydrogen (secondary N) is 3. The lowest BCUT2D eigenvalue weighted by Gasteiger charge is -2.01. The average Bonchev–Trinajstić information content (AvgIpc) is 3.14. The van der Waals surface area contributed by atoms with Crippen molar-refractivity contribution in [1.82, 2.24) is 31.3 Å². The van der Waals surface area contributed by atoms with Crippen molar-refractivity contribution in [3.63, 3.8) is 0 Å². The number of aromatic nitrogens is 4. The van der Waals surface area contributed by atoms with Gasteiger partial charge in [0.1, 0.15) is 5.78 Å². The third-order valence-electron chi connectivity index (χ3n) is 3.28. The summed E-state index contributed by atoms with van der Waals surface area (Å²) in [5.74, 6) is 1.07. The number of aromatic amines is 1. The Bertz CT molecular complexity index is 354. The highest BCUT2D eigenvalue weighted by Gasteiger charge is 2.19. The van der Waals surface area contributed by atoms with Crippen LogP contribution in [-0.4, -0.2) is 45.5 Å². The summed E-state index contributed by atoms with van der Waals surface area (Å²) < 4.78 is 0. The monoisotopic (exact) mass is 268 g/mol. The number of H-pyrrole nitrogens is 1. The van der Waals surface area contributed by atoms with Crippen LogP contribution in [0.25, 0.3) is 0 Å². The first kappa shape index (κ1) is 15.7. The molecule has 2 fully saturated rings. The van der Waals surface area contributed by atoms with Gasteiger partial charge in [-0.05, 0) is 45.7 Å². The summed E-state index contributed by atoms with van der Waals surface area (Å²) in [7, 11) is 0. The van der Waals surface area contributed by atoms with Crippen LogP contribution in [0, 0.1) is 0 Å². The molecule has 2 atom stereocenters. The van der Waals surface area contributed by atoms with Crippen LogP contribution in [0.1, 0.15) is 51.9 Å². The zero-order valence-corrected chi connectivity index (χ0v) is 10.6. The van der Waals surface area contributed by atoms with Crippen LogP contribution in [-0.2, 0) is 4.79 Å². The molecule has 1 aromatic rings. The minimum absolute atomic E-state index is 0. The minimum atomic E-state index is 0. The predicted octanol–water partition coefficient (Wildman–Crippen LogP) is 0.588. The molecule has 2 aliphatic heterocycles. The highest BCUT2D eigenvalue weighted by molar-refractivity contribution is 5.81. The Morgan fingerprint density at radius 1 is 1.21 bits per heavy atom. The number of carbonyl (C=O) groups is 1. The SMILES string of the molecule is C.C1CN[C@H](c2nn[nH]n2)C1.CC(=O)[C@@H]1CCCN1. The van der Waals surface area contributed by atoms with Gasteiger partial charge >= 0.3 is 0 Å². The first-order valence-corrected chi connectivity index (χ1v) is 6.48. The normalized spacial score (nSPS) is 25.3. The number of carbonyl (C=O) groups excluding carboxylic acids is 1. The molecule has 0 unspecified atom stereocenters. The highest BCUT2D eigenvalue weighted by Crippen LogP contribution is 2.17. The van der Waals surface area contributed by atoms with Gasteiger partial charge in [0.2, 0.25) is 0 Å². The summed E-state index contributed by atoms with van der Waals surface area (Å²) in [6, 6.07) is 0.508. The van der Waals surface area contributed by atoms with Gasteiger partial charge in [-0.25, -0.2) is 0 Å². The maximum Gasteiger partial charge on any atom is 0.191 e. The van der Waals surface area contributed by atoms with Gasteiger partial charge in [0.15, 0.2) is 5.82 Å². The van der Waals surface area contributed by atoms with E-state index in [-0.39, 0.29) is 19.3 Å². The number of hydrogen-bond donors (Lipinski definition) is 3. The fourth-order valence-electron chi connectivity index (χ4n) is 2.25. The van der Waals surface area contributed by atoms with Crippen LogP contribution in [0.15, 0.2) is 0 Å². The molecule has 1 aromatic heterocycles. The molecule has 0 aliphatic carbocycles. The molecule has 0 amide bonds. The molecule has 0 aromatic carbocycles. The van der Waals surface area contributed by atoms with E-state index >= 15 is 0 Å². The fourth-order valence-corrected chi connectivity index (χ4v) is 2.25.